The fourth-order valence-corrected chi connectivity index (χ4v) is 1.72. The number of rotatable bonds is 5. The van der Waals surface area contributed by atoms with Crippen LogP contribution < -0.4 is 10.5 Å². The van der Waals surface area contributed by atoms with Gasteiger partial charge in [0, 0.05) is 24.2 Å². The molecule has 0 aliphatic carbocycles. The summed E-state index contributed by atoms with van der Waals surface area (Å²) in [5.74, 6) is 0.581. The van der Waals surface area contributed by atoms with Crippen molar-refractivity contribution in [3.63, 3.8) is 0 Å². The molecule has 0 aliphatic heterocycles. The molecule has 0 amide bonds. The Labute approximate surface area is 110 Å². The Balaban J connectivity index is 2.14. The number of hydrogen-bond donors (Lipinski definition) is 1. The number of nitro benzene ring substituents is 1. The van der Waals surface area contributed by atoms with Gasteiger partial charge in [-0.15, -0.1) is 0 Å². The molecular formula is C14H14N2O3. The molecule has 0 saturated carbocycles. The molecule has 5 nitrogen and oxygen atoms in total. The largest absolute Gasteiger partial charge is 0.489 e. The first-order valence-electron chi connectivity index (χ1n) is 5.85. The van der Waals surface area contributed by atoms with Gasteiger partial charge in [0.25, 0.3) is 5.69 Å². The molecule has 0 aromatic heterocycles. The first kappa shape index (κ1) is 13.0. The maximum Gasteiger partial charge on any atom is 0.270 e. The molecule has 0 unspecified atom stereocenters. The number of non-ortho nitro benzene ring substituents is 1. The summed E-state index contributed by atoms with van der Waals surface area (Å²) in [6, 6.07) is 14.1. The molecule has 5 heteroatoms. The van der Waals surface area contributed by atoms with Crippen LogP contribution in [0, 0.1) is 10.1 Å². The third-order valence-corrected chi connectivity index (χ3v) is 2.71. The molecule has 0 spiro atoms. The van der Waals surface area contributed by atoms with E-state index in [2.05, 4.69) is 0 Å². The molecule has 19 heavy (non-hydrogen) atoms. The molecule has 0 saturated heterocycles. The van der Waals surface area contributed by atoms with E-state index in [1.165, 1.54) is 12.1 Å². The minimum absolute atomic E-state index is 0.0208. The third kappa shape index (κ3) is 3.29. The average Bonchev–Trinajstić information content (AvgIpc) is 2.45. The lowest BCUT2D eigenvalue weighted by atomic mass is 10.1. The van der Waals surface area contributed by atoms with Crippen molar-refractivity contribution >= 4 is 5.69 Å². The first-order valence-corrected chi connectivity index (χ1v) is 5.85. The van der Waals surface area contributed by atoms with Gasteiger partial charge in [-0.1, -0.05) is 30.3 Å². The maximum absolute atomic E-state index is 10.7. The van der Waals surface area contributed by atoms with Crippen molar-refractivity contribution in [3.05, 3.63) is 69.8 Å². The maximum atomic E-state index is 10.7. The Morgan fingerprint density at radius 1 is 1.16 bits per heavy atom. The standard InChI is InChI=1S/C14H14N2O3/c15-9-12-8-13(16(17)18)6-7-14(12)19-10-11-4-2-1-3-5-11/h1-8H,9-10,15H2. The average molecular weight is 258 g/mol. The fourth-order valence-electron chi connectivity index (χ4n) is 1.72. The minimum atomic E-state index is -0.444. The zero-order chi connectivity index (χ0) is 13.7. The number of nitrogens with zero attached hydrogens (tertiary/aromatic N) is 1. The molecule has 0 fully saturated rings. The molecule has 2 aromatic rings. The predicted octanol–water partition coefficient (Wildman–Crippen LogP) is 2.63. The Hall–Kier alpha value is -2.40. The van der Waals surface area contributed by atoms with Crippen molar-refractivity contribution in [2.24, 2.45) is 5.73 Å². The highest BCUT2D eigenvalue weighted by Gasteiger charge is 2.10. The van der Waals surface area contributed by atoms with Crippen LogP contribution in [0.15, 0.2) is 48.5 Å². The highest BCUT2D eigenvalue weighted by atomic mass is 16.6. The van der Waals surface area contributed by atoms with Gasteiger partial charge in [-0.3, -0.25) is 10.1 Å². The Morgan fingerprint density at radius 2 is 1.89 bits per heavy atom. The van der Waals surface area contributed by atoms with Gasteiger partial charge in [-0.25, -0.2) is 0 Å². The molecule has 0 bridgehead atoms. The van der Waals surface area contributed by atoms with Crippen molar-refractivity contribution in [1.82, 2.24) is 0 Å². The van der Waals surface area contributed by atoms with E-state index in [-0.39, 0.29) is 12.2 Å². The lowest BCUT2D eigenvalue weighted by Crippen LogP contribution is -2.03. The van der Waals surface area contributed by atoms with Gasteiger partial charge in [0.05, 0.1) is 4.92 Å². The second-order valence-corrected chi connectivity index (χ2v) is 4.03. The molecular weight excluding hydrogens is 244 g/mol. The smallest absolute Gasteiger partial charge is 0.270 e. The predicted molar refractivity (Wildman–Crippen MR) is 71.8 cm³/mol. The van der Waals surface area contributed by atoms with Crippen LogP contribution in [0.1, 0.15) is 11.1 Å². The minimum Gasteiger partial charge on any atom is -0.489 e. The van der Waals surface area contributed by atoms with Crippen molar-refractivity contribution in [2.45, 2.75) is 13.2 Å². The van der Waals surface area contributed by atoms with Gasteiger partial charge in [0.15, 0.2) is 0 Å². The summed E-state index contributed by atoms with van der Waals surface area (Å²) in [7, 11) is 0. The quantitative estimate of drug-likeness (QED) is 0.660. The van der Waals surface area contributed by atoms with Crippen LogP contribution in [-0.4, -0.2) is 4.92 Å². The fraction of sp³-hybridized carbons (Fsp3) is 0.143. The Bertz CT molecular complexity index is 570. The van der Waals surface area contributed by atoms with Crippen molar-refractivity contribution in [1.29, 1.82) is 0 Å². The molecule has 0 aliphatic rings. The second-order valence-electron chi connectivity index (χ2n) is 4.03. The van der Waals surface area contributed by atoms with E-state index >= 15 is 0 Å². The molecule has 2 N–H and O–H groups in total. The molecule has 0 heterocycles. The Morgan fingerprint density at radius 3 is 2.53 bits per heavy atom. The number of benzene rings is 2. The van der Waals surface area contributed by atoms with Gasteiger partial charge in [0.1, 0.15) is 12.4 Å². The number of nitro groups is 1. The highest BCUT2D eigenvalue weighted by Crippen LogP contribution is 2.24. The molecule has 0 atom stereocenters. The van der Waals surface area contributed by atoms with Crippen LogP contribution in [0.5, 0.6) is 5.75 Å². The van der Waals surface area contributed by atoms with Crippen LogP contribution in [0.3, 0.4) is 0 Å². The number of hydrogen-bond acceptors (Lipinski definition) is 4. The normalized spacial score (nSPS) is 10.2. The number of nitrogens with two attached hydrogens (primary N) is 1. The molecule has 2 aromatic carbocycles. The summed E-state index contributed by atoms with van der Waals surface area (Å²) in [5, 5.41) is 10.7. The van der Waals surface area contributed by atoms with Crippen LogP contribution in [0.2, 0.25) is 0 Å². The van der Waals surface area contributed by atoms with E-state index in [9.17, 15) is 10.1 Å². The second kappa shape index (κ2) is 5.97. The lowest BCUT2D eigenvalue weighted by Gasteiger charge is -2.10. The number of ether oxygens (including phenoxy) is 1. The highest BCUT2D eigenvalue weighted by molar-refractivity contribution is 5.43. The molecule has 0 radical (unpaired) electrons. The Kier molecular flexibility index (Phi) is 4.10. The zero-order valence-corrected chi connectivity index (χ0v) is 10.3. The van der Waals surface area contributed by atoms with E-state index in [4.69, 9.17) is 10.5 Å². The van der Waals surface area contributed by atoms with E-state index in [1.807, 2.05) is 30.3 Å². The van der Waals surface area contributed by atoms with Gasteiger partial charge >= 0.3 is 0 Å². The third-order valence-electron chi connectivity index (χ3n) is 2.71. The monoisotopic (exact) mass is 258 g/mol. The van der Waals surface area contributed by atoms with E-state index in [0.29, 0.717) is 17.9 Å². The van der Waals surface area contributed by atoms with E-state index < -0.39 is 4.92 Å². The summed E-state index contributed by atoms with van der Waals surface area (Å²) in [6.07, 6.45) is 0. The summed E-state index contributed by atoms with van der Waals surface area (Å²) < 4.78 is 5.65. The van der Waals surface area contributed by atoms with Crippen LogP contribution >= 0.6 is 0 Å². The topological polar surface area (TPSA) is 78.4 Å². The first-order chi connectivity index (χ1) is 9.20. The van der Waals surface area contributed by atoms with Crippen LogP contribution in [0.4, 0.5) is 5.69 Å². The van der Waals surface area contributed by atoms with Gasteiger partial charge in [-0.05, 0) is 11.6 Å². The van der Waals surface area contributed by atoms with Gasteiger partial charge < -0.3 is 10.5 Å². The molecule has 98 valence electrons. The van der Waals surface area contributed by atoms with Crippen molar-refractivity contribution in [2.75, 3.05) is 0 Å². The lowest BCUT2D eigenvalue weighted by molar-refractivity contribution is -0.384. The summed E-state index contributed by atoms with van der Waals surface area (Å²) in [6.45, 7) is 0.609. The SMILES string of the molecule is NCc1cc([N+](=O)[O-])ccc1OCc1ccccc1. The summed E-state index contributed by atoms with van der Waals surface area (Å²) in [5.41, 5.74) is 7.27. The summed E-state index contributed by atoms with van der Waals surface area (Å²) in [4.78, 5) is 10.2. The summed E-state index contributed by atoms with van der Waals surface area (Å²) >= 11 is 0. The van der Waals surface area contributed by atoms with Gasteiger partial charge in [-0.2, -0.15) is 0 Å². The van der Waals surface area contributed by atoms with Crippen LogP contribution in [-0.2, 0) is 13.2 Å². The van der Waals surface area contributed by atoms with Crippen molar-refractivity contribution in [3.8, 4) is 5.75 Å². The van der Waals surface area contributed by atoms with Crippen molar-refractivity contribution < 1.29 is 9.66 Å². The molecule has 2 rings (SSSR count). The van der Waals surface area contributed by atoms with Gasteiger partial charge in [0.2, 0.25) is 0 Å². The van der Waals surface area contributed by atoms with Crippen LogP contribution in [0.25, 0.3) is 0 Å². The van der Waals surface area contributed by atoms with E-state index in [1.54, 1.807) is 6.07 Å². The zero-order valence-electron chi connectivity index (χ0n) is 10.3. The van der Waals surface area contributed by atoms with E-state index in [0.717, 1.165) is 5.56 Å².